The van der Waals surface area contributed by atoms with Crippen LogP contribution >= 0.6 is 0 Å². The van der Waals surface area contributed by atoms with Crippen LogP contribution in [0.25, 0.3) is 0 Å². The molecule has 0 radical (unpaired) electrons. The summed E-state index contributed by atoms with van der Waals surface area (Å²) in [4.78, 5) is 33.4. The summed E-state index contributed by atoms with van der Waals surface area (Å²) in [5.41, 5.74) is -1.43. The van der Waals surface area contributed by atoms with E-state index in [1.54, 1.807) is 0 Å². The minimum atomic E-state index is -1.28. The average Bonchev–Trinajstić information content (AvgIpc) is 2.11. The summed E-state index contributed by atoms with van der Waals surface area (Å²) in [6.07, 6.45) is 0. The van der Waals surface area contributed by atoms with Crippen LogP contribution in [0.2, 0.25) is 0 Å². The molecule has 0 amide bonds. The van der Waals surface area contributed by atoms with Crippen LogP contribution < -0.4 is 11.2 Å². The van der Waals surface area contributed by atoms with Crippen LogP contribution in [-0.4, -0.2) is 20.2 Å². The largest absolute Gasteiger partial charge is 0.477 e. The van der Waals surface area contributed by atoms with E-state index in [4.69, 9.17) is 5.11 Å². The summed E-state index contributed by atoms with van der Waals surface area (Å²) in [5, 5.41) is 8.78. The van der Waals surface area contributed by atoms with Crippen LogP contribution in [0.4, 0.5) is 0 Å². The third kappa shape index (κ3) is 1.24. The molecule has 76 valence electrons. The second kappa shape index (κ2) is 3.13. The molecule has 0 unspecified atom stereocenters. The molecule has 1 heterocycles. The molecule has 14 heavy (non-hydrogen) atoms. The van der Waals surface area contributed by atoms with Crippen molar-refractivity contribution in [1.82, 2.24) is 9.13 Å². The molecule has 0 saturated heterocycles. The highest BCUT2D eigenvalue weighted by molar-refractivity contribution is 5.87. The van der Waals surface area contributed by atoms with Gasteiger partial charge in [0.15, 0.2) is 0 Å². The van der Waals surface area contributed by atoms with Crippen LogP contribution in [0.5, 0.6) is 0 Å². The Bertz CT molecular complexity index is 472. The first-order valence-electron chi connectivity index (χ1n) is 3.87. The standard InChI is InChI=1S/C8H10N2O4/c1-4-5(7(12)13)9(2)8(14)10(3)6(4)11/h1-3H3,(H,12,13). The molecular formula is C8H10N2O4. The highest BCUT2D eigenvalue weighted by atomic mass is 16.4. The lowest BCUT2D eigenvalue weighted by Gasteiger charge is -2.08. The van der Waals surface area contributed by atoms with Crippen LogP contribution in [0, 0.1) is 6.92 Å². The average molecular weight is 198 g/mol. The van der Waals surface area contributed by atoms with Gasteiger partial charge >= 0.3 is 11.7 Å². The lowest BCUT2D eigenvalue weighted by molar-refractivity contribution is 0.0683. The fraction of sp³-hybridized carbons (Fsp3) is 0.375. The SMILES string of the molecule is Cc1c(C(=O)O)n(C)c(=O)n(C)c1=O. The van der Waals surface area contributed by atoms with E-state index in [-0.39, 0.29) is 11.3 Å². The fourth-order valence-corrected chi connectivity index (χ4v) is 1.32. The number of aromatic carboxylic acids is 1. The maximum absolute atomic E-state index is 11.4. The molecule has 1 aromatic rings. The number of nitrogens with zero attached hydrogens (tertiary/aromatic N) is 2. The number of hydrogen-bond donors (Lipinski definition) is 1. The van der Waals surface area contributed by atoms with Gasteiger partial charge in [-0.1, -0.05) is 0 Å². The fourth-order valence-electron chi connectivity index (χ4n) is 1.32. The third-order valence-corrected chi connectivity index (χ3v) is 2.09. The molecule has 0 aliphatic carbocycles. The smallest absolute Gasteiger partial charge is 0.353 e. The van der Waals surface area contributed by atoms with Crippen molar-refractivity contribution >= 4 is 5.97 Å². The minimum Gasteiger partial charge on any atom is -0.477 e. The number of carbonyl (C=O) groups is 1. The van der Waals surface area contributed by atoms with E-state index in [0.29, 0.717) is 0 Å². The normalized spacial score (nSPS) is 10.2. The van der Waals surface area contributed by atoms with Crippen molar-refractivity contribution in [3.8, 4) is 0 Å². The van der Waals surface area contributed by atoms with Crippen molar-refractivity contribution in [3.63, 3.8) is 0 Å². The van der Waals surface area contributed by atoms with Gasteiger partial charge in [0, 0.05) is 19.7 Å². The Morgan fingerprint density at radius 1 is 1.21 bits per heavy atom. The van der Waals surface area contributed by atoms with E-state index >= 15 is 0 Å². The predicted octanol–water partition coefficient (Wildman–Crippen LogP) is -0.909. The van der Waals surface area contributed by atoms with Gasteiger partial charge in [-0.2, -0.15) is 0 Å². The Kier molecular flexibility index (Phi) is 2.29. The zero-order chi connectivity index (χ0) is 11.0. The summed E-state index contributed by atoms with van der Waals surface area (Å²) in [5.74, 6) is -1.28. The van der Waals surface area contributed by atoms with E-state index in [0.717, 1.165) is 9.13 Å². The number of carboxylic acid groups (broad SMARTS) is 1. The molecule has 0 fully saturated rings. The van der Waals surface area contributed by atoms with Crippen LogP contribution in [0.15, 0.2) is 9.59 Å². The highest BCUT2D eigenvalue weighted by Gasteiger charge is 2.16. The molecule has 0 bridgehead atoms. The van der Waals surface area contributed by atoms with Gasteiger partial charge in [-0.25, -0.2) is 9.59 Å². The number of carboxylic acids is 1. The van der Waals surface area contributed by atoms with Crippen molar-refractivity contribution < 1.29 is 9.90 Å². The maximum Gasteiger partial charge on any atom is 0.353 e. The summed E-state index contributed by atoms with van der Waals surface area (Å²) in [6, 6.07) is 0. The molecule has 0 spiro atoms. The molecule has 0 saturated carbocycles. The first-order chi connectivity index (χ1) is 6.37. The summed E-state index contributed by atoms with van der Waals surface area (Å²) in [7, 11) is 2.63. The first-order valence-corrected chi connectivity index (χ1v) is 3.87. The Hall–Kier alpha value is -1.85. The van der Waals surface area contributed by atoms with Crippen LogP contribution in [-0.2, 0) is 14.1 Å². The summed E-state index contributed by atoms with van der Waals surface area (Å²) < 4.78 is 1.82. The Morgan fingerprint density at radius 3 is 2.14 bits per heavy atom. The first kappa shape index (κ1) is 10.2. The molecule has 0 atom stereocenters. The second-order valence-corrected chi connectivity index (χ2v) is 2.98. The van der Waals surface area contributed by atoms with E-state index in [9.17, 15) is 14.4 Å². The zero-order valence-corrected chi connectivity index (χ0v) is 8.07. The molecule has 0 aromatic carbocycles. The quantitative estimate of drug-likeness (QED) is 0.633. The lowest BCUT2D eigenvalue weighted by atomic mass is 10.2. The van der Waals surface area contributed by atoms with Gasteiger partial charge in [-0.05, 0) is 6.92 Å². The Morgan fingerprint density at radius 2 is 1.71 bits per heavy atom. The molecule has 6 heteroatoms. The molecule has 1 aromatic heterocycles. The van der Waals surface area contributed by atoms with Crippen molar-refractivity contribution in [2.24, 2.45) is 14.1 Å². The van der Waals surface area contributed by atoms with Crippen molar-refractivity contribution in [3.05, 3.63) is 32.1 Å². The zero-order valence-electron chi connectivity index (χ0n) is 8.07. The third-order valence-electron chi connectivity index (χ3n) is 2.09. The van der Waals surface area contributed by atoms with E-state index in [1.807, 2.05) is 0 Å². The lowest BCUT2D eigenvalue weighted by Crippen LogP contribution is -2.41. The van der Waals surface area contributed by atoms with Gasteiger partial charge in [0.25, 0.3) is 5.56 Å². The molecular weight excluding hydrogens is 188 g/mol. The topological polar surface area (TPSA) is 81.3 Å². The van der Waals surface area contributed by atoms with Gasteiger partial charge < -0.3 is 5.11 Å². The molecule has 0 aliphatic heterocycles. The second-order valence-electron chi connectivity index (χ2n) is 2.98. The van der Waals surface area contributed by atoms with Crippen LogP contribution in [0.3, 0.4) is 0 Å². The Labute approximate surface area is 79.0 Å². The van der Waals surface area contributed by atoms with E-state index < -0.39 is 17.2 Å². The van der Waals surface area contributed by atoms with Crippen LogP contribution in [0.1, 0.15) is 16.1 Å². The highest BCUT2D eigenvalue weighted by Crippen LogP contribution is 1.97. The number of rotatable bonds is 1. The predicted molar refractivity (Wildman–Crippen MR) is 48.6 cm³/mol. The Balaban J connectivity index is 3.88. The van der Waals surface area contributed by atoms with Gasteiger partial charge in [-0.3, -0.25) is 13.9 Å². The van der Waals surface area contributed by atoms with Crippen molar-refractivity contribution in [2.75, 3.05) is 0 Å². The monoisotopic (exact) mass is 198 g/mol. The number of hydrogen-bond acceptors (Lipinski definition) is 3. The van der Waals surface area contributed by atoms with E-state index in [1.165, 1.54) is 21.0 Å². The minimum absolute atomic E-state index is 0.0575. The molecule has 1 N–H and O–H groups in total. The molecule has 0 aliphatic rings. The molecule has 1 rings (SSSR count). The van der Waals surface area contributed by atoms with Crippen molar-refractivity contribution in [2.45, 2.75) is 6.92 Å². The van der Waals surface area contributed by atoms with Crippen molar-refractivity contribution in [1.29, 1.82) is 0 Å². The van der Waals surface area contributed by atoms with Gasteiger partial charge in [0.05, 0.1) is 0 Å². The molecule has 6 nitrogen and oxygen atoms in total. The van der Waals surface area contributed by atoms with E-state index in [2.05, 4.69) is 0 Å². The summed E-state index contributed by atoms with van der Waals surface area (Å²) >= 11 is 0. The summed E-state index contributed by atoms with van der Waals surface area (Å²) in [6.45, 7) is 1.38. The van der Waals surface area contributed by atoms with Gasteiger partial charge in [0.2, 0.25) is 0 Å². The maximum atomic E-state index is 11.4. The number of aromatic nitrogens is 2. The van der Waals surface area contributed by atoms with Gasteiger partial charge in [-0.15, -0.1) is 0 Å². The van der Waals surface area contributed by atoms with Gasteiger partial charge in [0.1, 0.15) is 5.69 Å².